The fourth-order valence-electron chi connectivity index (χ4n) is 2.96. The number of hydrogen-bond donors (Lipinski definition) is 2. The minimum Gasteiger partial charge on any atom is -0.484 e. The lowest BCUT2D eigenvalue weighted by atomic mass is 10.1. The third-order valence-corrected chi connectivity index (χ3v) is 4.57. The summed E-state index contributed by atoms with van der Waals surface area (Å²) in [6.45, 7) is 1.95. The van der Waals surface area contributed by atoms with Gasteiger partial charge in [-0.3, -0.25) is 4.79 Å². The van der Waals surface area contributed by atoms with Gasteiger partial charge >= 0.3 is 0 Å². The molecule has 0 bridgehead atoms. The van der Waals surface area contributed by atoms with Gasteiger partial charge in [-0.05, 0) is 43.3 Å². The number of rotatable bonds is 7. The second-order valence-corrected chi connectivity index (χ2v) is 7.01. The molecular formula is C25H22N4O2. The highest BCUT2D eigenvalue weighted by molar-refractivity contribution is 5.92. The highest BCUT2D eigenvalue weighted by Gasteiger charge is 2.05. The Balaban J connectivity index is 1.33. The standard InChI is InChI=1S/C25H22N4O2/c1-18-7-13-22(14-8-18)31-16-25(30)29-21-11-9-20(10-12-21)28-24-15-23(26-17-27-24)19-5-3-2-4-6-19/h2-15,17H,16H2,1H3,(H,29,30)(H,26,27,28). The van der Waals surface area contributed by atoms with Gasteiger partial charge in [0, 0.05) is 23.0 Å². The van der Waals surface area contributed by atoms with E-state index >= 15 is 0 Å². The SMILES string of the molecule is Cc1ccc(OCC(=O)Nc2ccc(Nc3cc(-c4ccccc4)ncn3)cc2)cc1. The molecule has 0 radical (unpaired) electrons. The summed E-state index contributed by atoms with van der Waals surface area (Å²) in [7, 11) is 0. The van der Waals surface area contributed by atoms with Crippen LogP contribution in [-0.4, -0.2) is 22.5 Å². The summed E-state index contributed by atoms with van der Waals surface area (Å²) < 4.78 is 5.51. The van der Waals surface area contributed by atoms with Crippen LogP contribution in [0.3, 0.4) is 0 Å². The summed E-state index contributed by atoms with van der Waals surface area (Å²) >= 11 is 0. The Morgan fingerprint density at radius 1 is 0.871 bits per heavy atom. The van der Waals surface area contributed by atoms with E-state index in [0.29, 0.717) is 17.3 Å². The predicted molar refractivity (Wildman–Crippen MR) is 122 cm³/mol. The van der Waals surface area contributed by atoms with Gasteiger partial charge < -0.3 is 15.4 Å². The molecule has 6 nitrogen and oxygen atoms in total. The lowest BCUT2D eigenvalue weighted by Crippen LogP contribution is -2.20. The van der Waals surface area contributed by atoms with Crippen molar-refractivity contribution in [3.63, 3.8) is 0 Å². The molecule has 1 aromatic heterocycles. The van der Waals surface area contributed by atoms with Crippen LogP contribution >= 0.6 is 0 Å². The Hall–Kier alpha value is -4.19. The second kappa shape index (κ2) is 9.54. The summed E-state index contributed by atoms with van der Waals surface area (Å²) in [5.74, 6) is 1.14. The smallest absolute Gasteiger partial charge is 0.262 e. The normalized spacial score (nSPS) is 10.4. The number of amides is 1. The molecule has 0 spiro atoms. The maximum atomic E-state index is 12.1. The third-order valence-electron chi connectivity index (χ3n) is 4.57. The van der Waals surface area contributed by atoms with Gasteiger partial charge in [0.15, 0.2) is 6.61 Å². The first-order chi connectivity index (χ1) is 15.2. The molecule has 4 rings (SSSR count). The Morgan fingerprint density at radius 2 is 1.58 bits per heavy atom. The minimum atomic E-state index is -0.218. The van der Waals surface area contributed by atoms with Crippen molar-refractivity contribution in [1.82, 2.24) is 9.97 Å². The molecule has 1 heterocycles. The van der Waals surface area contributed by atoms with Crippen LogP contribution in [0.2, 0.25) is 0 Å². The van der Waals surface area contributed by atoms with Crippen LogP contribution in [0.15, 0.2) is 91.3 Å². The average Bonchev–Trinajstić information content (AvgIpc) is 2.81. The monoisotopic (exact) mass is 410 g/mol. The second-order valence-electron chi connectivity index (χ2n) is 7.01. The number of hydrogen-bond acceptors (Lipinski definition) is 5. The van der Waals surface area contributed by atoms with Crippen LogP contribution in [0.1, 0.15) is 5.56 Å². The number of benzene rings is 3. The fraction of sp³-hybridized carbons (Fsp3) is 0.0800. The maximum Gasteiger partial charge on any atom is 0.262 e. The van der Waals surface area contributed by atoms with E-state index in [1.165, 1.54) is 6.33 Å². The highest BCUT2D eigenvalue weighted by Crippen LogP contribution is 2.22. The van der Waals surface area contributed by atoms with Gasteiger partial charge in [0.25, 0.3) is 5.91 Å². The van der Waals surface area contributed by atoms with Crippen molar-refractivity contribution in [2.24, 2.45) is 0 Å². The van der Waals surface area contributed by atoms with Gasteiger partial charge in [-0.15, -0.1) is 0 Å². The van der Waals surface area contributed by atoms with E-state index in [1.807, 2.05) is 91.9 Å². The van der Waals surface area contributed by atoms with Crippen molar-refractivity contribution < 1.29 is 9.53 Å². The van der Waals surface area contributed by atoms with E-state index in [-0.39, 0.29) is 12.5 Å². The first-order valence-electron chi connectivity index (χ1n) is 9.89. The lowest BCUT2D eigenvalue weighted by Gasteiger charge is -2.10. The molecule has 2 N–H and O–H groups in total. The predicted octanol–water partition coefficient (Wildman–Crippen LogP) is 5.21. The maximum absolute atomic E-state index is 12.1. The summed E-state index contributed by atoms with van der Waals surface area (Å²) in [5, 5.41) is 6.09. The number of anilines is 3. The molecule has 4 aromatic rings. The van der Waals surface area contributed by atoms with Crippen molar-refractivity contribution in [3.8, 4) is 17.0 Å². The van der Waals surface area contributed by atoms with Gasteiger partial charge in [-0.1, -0.05) is 48.0 Å². The molecule has 0 fully saturated rings. The zero-order valence-electron chi connectivity index (χ0n) is 17.1. The Bertz CT molecular complexity index is 1140. The van der Waals surface area contributed by atoms with E-state index in [9.17, 15) is 4.79 Å². The first-order valence-corrected chi connectivity index (χ1v) is 9.89. The minimum absolute atomic E-state index is 0.0493. The zero-order chi connectivity index (χ0) is 21.5. The summed E-state index contributed by atoms with van der Waals surface area (Å²) in [5.41, 5.74) is 4.56. The fourth-order valence-corrected chi connectivity index (χ4v) is 2.96. The Labute approximate surface area is 181 Å². The highest BCUT2D eigenvalue weighted by atomic mass is 16.5. The molecule has 0 aliphatic rings. The molecule has 0 saturated heterocycles. The van der Waals surface area contributed by atoms with Gasteiger partial charge in [-0.25, -0.2) is 9.97 Å². The van der Waals surface area contributed by atoms with Gasteiger partial charge in [-0.2, -0.15) is 0 Å². The topological polar surface area (TPSA) is 76.1 Å². The first kappa shape index (κ1) is 20.1. The van der Waals surface area contributed by atoms with Crippen molar-refractivity contribution in [1.29, 1.82) is 0 Å². The van der Waals surface area contributed by atoms with Crippen LogP contribution in [-0.2, 0) is 4.79 Å². The molecular weight excluding hydrogens is 388 g/mol. The quantitative estimate of drug-likeness (QED) is 0.437. The molecule has 0 saturated carbocycles. The molecule has 0 aliphatic heterocycles. The Morgan fingerprint density at radius 3 is 2.32 bits per heavy atom. The van der Waals surface area contributed by atoms with Gasteiger partial charge in [0.2, 0.25) is 0 Å². The van der Waals surface area contributed by atoms with E-state index in [1.54, 1.807) is 0 Å². The Kier molecular flexibility index (Phi) is 6.18. The molecule has 0 aliphatic carbocycles. The van der Waals surface area contributed by atoms with E-state index in [2.05, 4.69) is 20.6 Å². The number of nitrogens with one attached hydrogen (secondary N) is 2. The molecule has 154 valence electrons. The molecule has 1 amide bonds. The number of aryl methyl sites for hydroxylation is 1. The number of carbonyl (C=O) groups excluding carboxylic acids is 1. The van der Waals surface area contributed by atoms with Crippen molar-refractivity contribution in [2.45, 2.75) is 6.92 Å². The zero-order valence-corrected chi connectivity index (χ0v) is 17.1. The number of aromatic nitrogens is 2. The van der Waals surface area contributed by atoms with Crippen LogP contribution in [0, 0.1) is 6.92 Å². The van der Waals surface area contributed by atoms with Crippen LogP contribution in [0.25, 0.3) is 11.3 Å². The molecule has 3 aromatic carbocycles. The molecule has 0 unspecified atom stereocenters. The van der Waals surface area contributed by atoms with Gasteiger partial charge in [0.1, 0.15) is 17.9 Å². The van der Waals surface area contributed by atoms with E-state index in [0.717, 1.165) is 22.5 Å². The average molecular weight is 410 g/mol. The summed E-state index contributed by atoms with van der Waals surface area (Å²) in [6.07, 6.45) is 1.54. The van der Waals surface area contributed by atoms with Crippen molar-refractivity contribution in [3.05, 3.63) is 96.8 Å². The van der Waals surface area contributed by atoms with Crippen molar-refractivity contribution >= 4 is 23.1 Å². The third kappa shape index (κ3) is 5.67. The summed E-state index contributed by atoms with van der Waals surface area (Å²) in [6, 6.07) is 26.8. The number of nitrogens with zero attached hydrogens (tertiary/aromatic N) is 2. The van der Waals surface area contributed by atoms with E-state index in [4.69, 9.17) is 4.74 Å². The molecule has 31 heavy (non-hydrogen) atoms. The van der Waals surface area contributed by atoms with Gasteiger partial charge in [0.05, 0.1) is 5.69 Å². The van der Waals surface area contributed by atoms with Crippen LogP contribution < -0.4 is 15.4 Å². The summed E-state index contributed by atoms with van der Waals surface area (Å²) in [4.78, 5) is 20.7. The molecule has 6 heteroatoms. The van der Waals surface area contributed by atoms with Crippen molar-refractivity contribution in [2.75, 3.05) is 17.2 Å². The number of ether oxygens (including phenoxy) is 1. The lowest BCUT2D eigenvalue weighted by molar-refractivity contribution is -0.118. The van der Waals surface area contributed by atoms with Crippen LogP contribution in [0.4, 0.5) is 17.2 Å². The van der Waals surface area contributed by atoms with Crippen LogP contribution in [0.5, 0.6) is 5.75 Å². The van der Waals surface area contributed by atoms with E-state index < -0.39 is 0 Å². The largest absolute Gasteiger partial charge is 0.484 e. The molecule has 0 atom stereocenters. The number of carbonyl (C=O) groups is 1.